The summed E-state index contributed by atoms with van der Waals surface area (Å²) in [5.74, 6) is 1.56. The molecule has 132 valence electrons. The van der Waals surface area contributed by atoms with Gasteiger partial charge in [0.2, 0.25) is 5.54 Å². The third-order valence-electron chi connectivity index (χ3n) is 3.90. The zero-order chi connectivity index (χ0) is 18.6. The predicted molar refractivity (Wildman–Crippen MR) is 86.9 cm³/mol. The maximum atomic E-state index is 12.6. The lowest BCUT2D eigenvalue weighted by Gasteiger charge is -2.30. The smallest absolute Gasteiger partial charge is 0.408 e. The molecule has 25 heavy (non-hydrogen) atoms. The topological polar surface area (TPSA) is 94.2 Å². The van der Waals surface area contributed by atoms with Crippen LogP contribution in [0, 0.1) is 12.3 Å². The van der Waals surface area contributed by atoms with Gasteiger partial charge in [0.15, 0.2) is 0 Å². The number of carbonyl (C=O) groups excluding carboxylic acids is 3. The summed E-state index contributed by atoms with van der Waals surface area (Å²) < 4.78 is 14.3. The number of terminal acetylenes is 1. The number of benzene rings is 1. The van der Waals surface area contributed by atoms with Gasteiger partial charge in [0.25, 0.3) is 5.91 Å². The fraction of sp³-hybridized carbons (Fsp3) is 0.353. The van der Waals surface area contributed by atoms with Crippen molar-refractivity contribution in [3.63, 3.8) is 0 Å². The Morgan fingerprint density at radius 1 is 1.32 bits per heavy atom. The highest BCUT2D eigenvalue weighted by Gasteiger charge is 2.44. The average Bonchev–Trinajstić information content (AvgIpc) is 2.94. The van der Waals surface area contributed by atoms with E-state index in [9.17, 15) is 14.4 Å². The van der Waals surface area contributed by atoms with E-state index in [1.54, 1.807) is 18.2 Å². The van der Waals surface area contributed by atoms with Gasteiger partial charge in [-0.25, -0.2) is 9.59 Å². The second-order valence-electron chi connectivity index (χ2n) is 5.34. The van der Waals surface area contributed by atoms with Gasteiger partial charge in [-0.2, -0.15) is 0 Å². The van der Waals surface area contributed by atoms with E-state index >= 15 is 0 Å². The highest BCUT2D eigenvalue weighted by atomic mass is 16.5. The van der Waals surface area contributed by atoms with Crippen LogP contribution < -0.4 is 10.1 Å². The number of carbonyl (C=O) groups is 3. The minimum atomic E-state index is -1.86. The van der Waals surface area contributed by atoms with E-state index in [1.165, 1.54) is 12.0 Å². The van der Waals surface area contributed by atoms with Crippen molar-refractivity contribution in [1.29, 1.82) is 0 Å². The molecule has 2 amide bonds. The first-order valence-corrected chi connectivity index (χ1v) is 7.29. The Balaban J connectivity index is 2.31. The highest BCUT2D eigenvalue weighted by molar-refractivity contribution is 5.99. The molecule has 0 saturated heterocycles. The molecule has 1 atom stereocenters. The van der Waals surface area contributed by atoms with Gasteiger partial charge in [-0.05, 0) is 17.7 Å². The lowest BCUT2D eigenvalue weighted by molar-refractivity contribution is -0.146. The molecule has 0 saturated carbocycles. The van der Waals surface area contributed by atoms with Crippen molar-refractivity contribution in [2.75, 3.05) is 27.9 Å². The molecule has 0 spiro atoms. The highest BCUT2D eigenvalue weighted by Crippen LogP contribution is 2.28. The second-order valence-corrected chi connectivity index (χ2v) is 5.34. The molecule has 2 rings (SSSR count). The third-order valence-corrected chi connectivity index (χ3v) is 3.90. The van der Waals surface area contributed by atoms with E-state index in [0.717, 1.165) is 19.8 Å². The minimum absolute atomic E-state index is 0.238. The SMILES string of the molecule is C#C[C@](CN1Cc2ccc(OC)cc2C1=O)(NC(=O)OC)C(=O)OC. The summed E-state index contributed by atoms with van der Waals surface area (Å²) in [6.07, 6.45) is 4.57. The zero-order valence-corrected chi connectivity index (χ0v) is 14.1. The molecule has 1 aromatic rings. The normalized spacial score (nSPS) is 14.8. The van der Waals surface area contributed by atoms with Crippen LogP contribution in [0.4, 0.5) is 4.79 Å². The third kappa shape index (κ3) is 3.35. The van der Waals surface area contributed by atoms with Crippen molar-refractivity contribution in [3.8, 4) is 18.1 Å². The number of alkyl carbamates (subject to hydrolysis) is 1. The van der Waals surface area contributed by atoms with Crippen molar-refractivity contribution in [2.45, 2.75) is 12.1 Å². The molecule has 1 N–H and O–H groups in total. The summed E-state index contributed by atoms with van der Waals surface area (Å²) in [7, 11) is 3.77. The van der Waals surface area contributed by atoms with Crippen molar-refractivity contribution in [3.05, 3.63) is 29.3 Å². The van der Waals surface area contributed by atoms with Crippen molar-refractivity contribution < 1.29 is 28.6 Å². The van der Waals surface area contributed by atoms with Crippen molar-refractivity contribution in [1.82, 2.24) is 10.2 Å². The average molecular weight is 346 g/mol. The molecule has 0 aromatic heterocycles. The van der Waals surface area contributed by atoms with Gasteiger partial charge in [0.1, 0.15) is 5.75 Å². The Kier molecular flexibility index (Phi) is 5.17. The Labute approximate surface area is 145 Å². The number of amides is 2. The molecule has 0 unspecified atom stereocenters. The minimum Gasteiger partial charge on any atom is -0.497 e. The van der Waals surface area contributed by atoms with E-state index in [4.69, 9.17) is 15.9 Å². The summed E-state index contributed by atoms with van der Waals surface area (Å²) in [6.45, 7) is -0.0253. The van der Waals surface area contributed by atoms with E-state index in [2.05, 4.69) is 16.0 Å². The van der Waals surface area contributed by atoms with Crippen molar-refractivity contribution >= 4 is 18.0 Å². The molecule has 0 bridgehead atoms. The van der Waals surface area contributed by atoms with Crippen LogP contribution in [-0.2, 0) is 20.8 Å². The number of hydrogen-bond donors (Lipinski definition) is 1. The first-order chi connectivity index (χ1) is 11.9. The molecular weight excluding hydrogens is 328 g/mol. The quantitative estimate of drug-likeness (QED) is 0.618. The fourth-order valence-corrected chi connectivity index (χ4v) is 2.58. The molecule has 0 fully saturated rings. The van der Waals surface area contributed by atoms with E-state index in [1.807, 2.05) is 0 Å². The number of nitrogens with one attached hydrogen (secondary N) is 1. The molecule has 1 heterocycles. The van der Waals surface area contributed by atoms with Crippen LogP contribution in [0.25, 0.3) is 0 Å². The van der Waals surface area contributed by atoms with Crippen LogP contribution in [0.1, 0.15) is 15.9 Å². The lowest BCUT2D eigenvalue weighted by atomic mass is 10.00. The summed E-state index contributed by atoms with van der Waals surface area (Å²) in [6, 6.07) is 5.10. The lowest BCUT2D eigenvalue weighted by Crippen LogP contribution is -2.60. The van der Waals surface area contributed by atoms with Gasteiger partial charge in [-0.15, -0.1) is 6.42 Å². The van der Waals surface area contributed by atoms with Crippen LogP contribution in [0.3, 0.4) is 0 Å². The van der Waals surface area contributed by atoms with Crippen LogP contribution >= 0.6 is 0 Å². The Morgan fingerprint density at radius 2 is 2.04 bits per heavy atom. The second kappa shape index (κ2) is 7.13. The van der Waals surface area contributed by atoms with Crippen molar-refractivity contribution in [2.24, 2.45) is 0 Å². The van der Waals surface area contributed by atoms with E-state index < -0.39 is 17.6 Å². The van der Waals surface area contributed by atoms with Crippen LogP contribution in [-0.4, -0.2) is 56.3 Å². The van der Waals surface area contributed by atoms with E-state index in [0.29, 0.717) is 11.3 Å². The molecular formula is C17H18N2O6. The molecule has 0 aliphatic carbocycles. The monoisotopic (exact) mass is 346 g/mol. The molecule has 1 aromatic carbocycles. The Hall–Kier alpha value is -3.21. The number of rotatable bonds is 5. The first kappa shape index (κ1) is 18.1. The van der Waals surface area contributed by atoms with Gasteiger partial charge in [-0.1, -0.05) is 12.0 Å². The Morgan fingerprint density at radius 3 is 2.60 bits per heavy atom. The number of esters is 1. The first-order valence-electron chi connectivity index (χ1n) is 7.29. The number of hydrogen-bond acceptors (Lipinski definition) is 6. The molecule has 1 aliphatic rings. The number of ether oxygens (including phenoxy) is 3. The van der Waals surface area contributed by atoms with E-state index in [-0.39, 0.29) is 19.0 Å². The predicted octanol–water partition coefficient (Wildman–Crippen LogP) is 0.552. The maximum Gasteiger partial charge on any atom is 0.408 e. The molecule has 0 radical (unpaired) electrons. The van der Waals surface area contributed by atoms with Gasteiger partial charge in [0.05, 0.1) is 27.9 Å². The van der Waals surface area contributed by atoms with Gasteiger partial charge >= 0.3 is 12.1 Å². The summed E-state index contributed by atoms with van der Waals surface area (Å²) in [5.41, 5.74) is -0.642. The number of fused-ring (bicyclic) bond motifs is 1. The van der Waals surface area contributed by atoms with Gasteiger partial charge in [0, 0.05) is 12.1 Å². The summed E-state index contributed by atoms with van der Waals surface area (Å²) >= 11 is 0. The number of nitrogens with zero attached hydrogens (tertiary/aromatic N) is 1. The van der Waals surface area contributed by atoms with Crippen LogP contribution in [0.5, 0.6) is 5.75 Å². The Bertz CT molecular complexity index is 754. The summed E-state index contributed by atoms with van der Waals surface area (Å²) in [4.78, 5) is 37.8. The van der Waals surface area contributed by atoms with Gasteiger partial charge < -0.3 is 19.1 Å². The molecule has 8 heteroatoms. The standard InChI is InChI=1S/C17H18N2O6/c1-5-17(15(21)24-3,18-16(22)25-4)10-19-9-11-6-7-12(23-2)8-13(11)14(19)20/h1,6-8H,9-10H2,2-4H3,(H,18,22)/t17-/m1/s1. The van der Waals surface area contributed by atoms with Crippen LogP contribution in [0.2, 0.25) is 0 Å². The molecule has 1 aliphatic heterocycles. The van der Waals surface area contributed by atoms with Gasteiger partial charge in [-0.3, -0.25) is 10.1 Å². The van der Waals surface area contributed by atoms with Crippen LogP contribution in [0.15, 0.2) is 18.2 Å². The largest absolute Gasteiger partial charge is 0.497 e. The summed E-state index contributed by atoms with van der Waals surface area (Å²) in [5, 5.41) is 2.29. The number of methoxy groups -OCH3 is 3. The maximum absolute atomic E-state index is 12.6. The molecule has 8 nitrogen and oxygen atoms in total. The fourth-order valence-electron chi connectivity index (χ4n) is 2.58. The zero-order valence-electron chi connectivity index (χ0n) is 14.1.